The summed E-state index contributed by atoms with van der Waals surface area (Å²) in [5.41, 5.74) is 5.82. The predicted molar refractivity (Wildman–Crippen MR) is 117 cm³/mol. The van der Waals surface area contributed by atoms with Crippen molar-refractivity contribution < 1.29 is 9.21 Å². The zero-order valence-electron chi connectivity index (χ0n) is 15.8. The number of halogens is 1. The molecule has 0 bridgehead atoms. The molecule has 0 aliphatic heterocycles. The van der Waals surface area contributed by atoms with E-state index in [-0.39, 0.29) is 11.7 Å². The maximum Gasteiger partial charge on any atom is 0.293 e. The van der Waals surface area contributed by atoms with Gasteiger partial charge in [-0.2, -0.15) is 0 Å². The molecular formula is C22H19BrN2O2S. The van der Waals surface area contributed by atoms with Crippen LogP contribution in [0, 0.1) is 20.8 Å². The molecule has 0 fully saturated rings. The molecule has 28 heavy (non-hydrogen) atoms. The number of benzene rings is 2. The van der Waals surface area contributed by atoms with Gasteiger partial charge in [0.05, 0.1) is 10.2 Å². The SMILES string of the molecule is Cc1cc(C)c(Cc2ccc(C(=O)Nc3nc4ccc(Br)cc4s3)o2)c(C)c1. The van der Waals surface area contributed by atoms with Crippen molar-refractivity contribution in [1.82, 2.24) is 4.98 Å². The number of furan rings is 1. The lowest BCUT2D eigenvalue weighted by Crippen LogP contribution is -2.10. The third-order valence-electron chi connectivity index (χ3n) is 4.65. The quantitative estimate of drug-likeness (QED) is 0.386. The molecule has 2 heterocycles. The number of hydrogen-bond donors (Lipinski definition) is 1. The van der Waals surface area contributed by atoms with Crippen LogP contribution in [0.25, 0.3) is 10.2 Å². The number of thiazole rings is 1. The highest BCUT2D eigenvalue weighted by atomic mass is 79.9. The Balaban J connectivity index is 1.51. The molecule has 0 aliphatic rings. The van der Waals surface area contributed by atoms with Gasteiger partial charge in [0.15, 0.2) is 10.9 Å². The highest BCUT2D eigenvalue weighted by Gasteiger charge is 2.15. The number of carbonyl (C=O) groups is 1. The van der Waals surface area contributed by atoms with Crippen LogP contribution in [0.2, 0.25) is 0 Å². The molecule has 0 aliphatic carbocycles. The van der Waals surface area contributed by atoms with E-state index in [4.69, 9.17) is 4.42 Å². The van der Waals surface area contributed by atoms with E-state index in [0.29, 0.717) is 11.6 Å². The van der Waals surface area contributed by atoms with Crippen molar-refractivity contribution in [3.63, 3.8) is 0 Å². The van der Waals surface area contributed by atoms with Gasteiger partial charge in [0.1, 0.15) is 5.76 Å². The molecule has 2 aromatic heterocycles. The number of aryl methyl sites for hydroxylation is 3. The van der Waals surface area contributed by atoms with Crippen molar-refractivity contribution in [3.05, 3.63) is 80.7 Å². The zero-order valence-corrected chi connectivity index (χ0v) is 18.2. The molecule has 0 unspecified atom stereocenters. The molecule has 0 spiro atoms. The number of fused-ring (bicyclic) bond motifs is 1. The van der Waals surface area contributed by atoms with Crippen LogP contribution in [0.1, 0.15) is 38.6 Å². The molecule has 0 radical (unpaired) electrons. The van der Waals surface area contributed by atoms with E-state index >= 15 is 0 Å². The van der Waals surface area contributed by atoms with Crippen LogP contribution in [-0.2, 0) is 6.42 Å². The largest absolute Gasteiger partial charge is 0.456 e. The molecule has 0 saturated heterocycles. The molecule has 2 aromatic carbocycles. The fourth-order valence-corrected chi connectivity index (χ4v) is 4.78. The minimum Gasteiger partial charge on any atom is -0.456 e. The highest BCUT2D eigenvalue weighted by Crippen LogP contribution is 2.29. The third kappa shape index (κ3) is 3.88. The van der Waals surface area contributed by atoms with Gasteiger partial charge in [-0.3, -0.25) is 10.1 Å². The number of anilines is 1. The predicted octanol–water partition coefficient (Wildman–Crippen LogP) is 6.42. The molecule has 0 atom stereocenters. The second-order valence-electron chi connectivity index (χ2n) is 6.91. The third-order valence-corrected chi connectivity index (χ3v) is 6.07. The van der Waals surface area contributed by atoms with E-state index in [1.165, 1.54) is 33.6 Å². The van der Waals surface area contributed by atoms with Gasteiger partial charge < -0.3 is 4.42 Å². The minimum absolute atomic E-state index is 0.290. The van der Waals surface area contributed by atoms with Crippen LogP contribution in [0.3, 0.4) is 0 Å². The van der Waals surface area contributed by atoms with Crippen LogP contribution in [0.15, 0.2) is 51.4 Å². The summed E-state index contributed by atoms with van der Waals surface area (Å²) in [6.07, 6.45) is 0.667. The fourth-order valence-electron chi connectivity index (χ4n) is 3.37. The summed E-state index contributed by atoms with van der Waals surface area (Å²) in [6, 6.07) is 13.8. The summed E-state index contributed by atoms with van der Waals surface area (Å²) in [4.78, 5) is 17.0. The summed E-state index contributed by atoms with van der Waals surface area (Å²) in [5.74, 6) is 0.771. The van der Waals surface area contributed by atoms with Gasteiger partial charge in [-0.05, 0) is 67.8 Å². The van der Waals surface area contributed by atoms with Crippen molar-refractivity contribution in [2.24, 2.45) is 0 Å². The molecule has 4 nitrogen and oxygen atoms in total. The van der Waals surface area contributed by atoms with E-state index in [1.54, 1.807) is 6.07 Å². The van der Waals surface area contributed by atoms with Gasteiger partial charge in [0.2, 0.25) is 0 Å². The summed E-state index contributed by atoms with van der Waals surface area (Å²) in [6.45, 7) is 6.31. The summed E-state index contributed by atoms with van der Waals surface area (Å²) >= 11 is 4.88. The first-order chi connectivity index (χ1) is 13.4. The van der Waals surface area contributed by atoms with Crippen LogP contribution < -0.4 is 5.32 Å². The average molecular weight is 455 g/mol. The lowest BCUT2D eigenvalue weighted by Gasteiger charge is -2.09. The number of aromatic nitrogens is 1. The first kappa shape index (κ1) is 18.9. The number of nitrogens with one attached hydrogen (secondary N) is 1. The molecule has 142 valence electrons. The number of amides is 1. The van der Waals surface area contributed by atoms with Gasteiger partial charge >= 0.3 is 0 Å². The van der Waals surface area contributed by atoms with Crippen LogP contribution in [0.5, 0.6) is 0 Å². The average Bonchev–Trinajstić information content (AvgIpc) is 3.24. The van der Waals surface area contributed by atoms with Crippen molar-refractivity contribution >= 4 is 48.5 Å². The van der Waals surface area contributed by atoms with E-state index in [1.807, 2.05) is 24.3 Å². The number of hydrogen-bond acceptors (Lipinski definition) is 4. The van der Waals surface area contributed by atoms with E-state index in [2.05, 4.69) is 59.1 Å². The Morgan fingerprint density at radius 2 is 1.86 bits per heavy atom. The lowest BCUT2D eigenvalue weighted by atomic mass is 9.97. The Bertz CT molecular complexity index is 1170. The fraction of sp³-hybridized carbons (Fsp3) is 0.182. The van der Waals surface area contributed by atoms with Gasteiger partial charge in [0, 0.05) is 10.9 Å². The molecular weight excluding hydrogens is 436 g/mol. The second-order valence-corrected chi connectivity index (χ2v) is 8.85. The van der Waals surface area contributed by atoms with Gasteiger partial charge in [-0.15, -0.1) is 0 Å². The first-order valence-corrected chi connectivity index (χ1v) is 10.5. The van der Waals surface area contributed by atoms with Gasteiger partial charge in [-0.25, -0.2) is 4.98 Å². The molecule has 1 amide bonds. The Morgan fingerprint density at radius 1 is 1.11 bits per heavy atom. The minimum atomic E-state index is -0.290. The molecule has 4 rings (SSSR count). The van der Waals surface area contributed by atoms with Crippen molar-refractivity contribution in [3.8, 4) is 0 Å². The normalized spacial score (nSPS) is 11.1. The first-order valence-electron chi connectivity index (χ1n) is 8.92. The maximum absolute atomic E-state index is 12.6. The van der Waals surface area contributed by atoms with Crippen LogP contribution in [-0.4, -0.2) is 10.9 Å². The van der Waals surface area contributed by atoms with Crippen LogP contribution in [0.4, 0.5) is 5.13 Å². The monoisotopic (exact) mass is 454 g/mol. The number of carbonyl (C=O) groups excluding carboxylic acids is 1. The number of rotatable bonds is 4. The topological polar surface area (TPSA) is 55.1 Å². The highest BCUT2D eigenvalue weighted by molar-refractivity contribution is 9.10. The van der Waals surface area contributed by atoms with Crippen molar-refractivity contribution in [1.29, 1.82) is 0 Å². The van der Waals surface area contributed by atoms with Crippen molar-refractivity contribution in [2.45, 2.75) is 27.2 Å². The summed E-state index contributed by atoms with van der Waals surface area (Å²) in [5, 5.41) is 3.39. The Hall–Kier alpha value is -2.44. The summed E-state index contributed by atoms with van der Waals surface area (Å²) < 4.78 is 7.81. The standard InChI is InChI=1S/C22H19BrN2O2S/c1-12-8-13(2)17(14(3)9-12)11-16-5-7-19(27-16)21(26)25-22-24-18-6-4-15(23)10-20(18)28-22/h4-10H,11H2,1-3H3,(H,24,25,26). The molecule has 0 saturated carbocycles. The second kappa shape index (κ2) is 7.53. The Labute approximate surface area is 175 Å². The molecule has 1 N–H and O–H groups in total. The zero-order chi connectivity index (χ0) is 19.8. The maximum atomic E-state index is 12.6. The Morgan fingerprint density at radius 3 is 2.61 bits per heavy atom. The van der Waals surface area contributed by atoms with E-state index in [0.717, 1.165) is 20.4 Å². The lowest BCUT2D eigenvalue weighted by molar-refractivity contribution is 0.0995. The van der Waals surface area contributed by atoms with Gasteiger partial charge in [0.25, 0.3) is 5.91 Å². The van der Waals surface area contributed by atoms with E-state index in [9.17, 15) is 4.79 Å². The summed E-state index contributed by atoms with van der Waals surface area (Å²) in [7, 11) is 0. The van der Waals surface area contributed by atoms with E-state index < -0.39 is 0 Å². The van der Waals surface area contributed by atoms with Gasteiger partial charge in [-0.1, -0.05) is 45.0 Å². The molecule has 4 aromatic rings. The molecule has 6 heteroatoms. The number of nitrogens with zero attached hydrogens (tertiary/aromatic N) is 1. The van der Waals surface area contributed by atoms with Crippen molar-refractivity contribution in [2.75, 3.05) is 5.32 Å². The smallest absolute Gasteiger partial charge is 0.293 e. The van der Waals surface area contributed by atoms with Crippen LogP contribution >= 0.6 is 27.3 Å². The Kier molecular flexibility index (Phi) is 5.08.